The van der Waals surface area contributed by atoms with E-state index < -0.39 is 11.5 Å². The van der Waals surface area contributed by atoms with E-state index in [1.807, 2.05) is 30.3 Å². The van der Waals surface area contributed by atoms with E-state index in [4.69, 9.17) is 10.5 Å². The van der Waals surface area contributed by atoms with Gasteiger partial charge in [-0.15, -0.1) is 0 Å². The third-order valence-electron chi connectivity index (χ3n) is 5.73. The molecule has 0 saturated carbocycles. The molecular formula is C23H31NO3. The van der Waals surface area contributed by atoms with Gasteiger partial charge in [0.05, 0.1) is 12.7 Å². The van der Waals surface area contributed by atoms with Crippen LogP contribution < -0.4 is 5.73 Å². The zero-order chi connectivity index (χ0) is 20.2. The molecular weight excluding hydrogens is 338 g/mol. The fraction of sp³-hybridized carbons (Fsp3) is 0.435. The Labute approximate surface area is 162 Å². The van der Waals surface area contributed by atoms with Crippen molar-refractivity contribution in [2.24, 2.45) is 17.6 Å². The predicted molar refractivity (Wildman–Crippen MR) is 109 cm³/mol. The number of benzene rings is 2. The van der Waals surface area contributed by atoms with E-state index in [1.165, 1.54) is 7.11 Å². The van der Waals surface area contributed by atoms with E-state index in [1.54, 1.807) is 18.2 Å². The normalized spacial score (nSPS) is 13.0. The number of carbonyl (C=O) groups is 1. The minimum absolute atomic E-state index is 0.134. The molecule has 4 heteroatoms. The zero-order valence-corrected chi connectivity index (χ0v) is 16.9. The highest BCUT2D eigenvalue weighted by Crippen LogP contribution is 2.41. The summed E-state index contributed by atoms with van der Waals surface area (Å²) in [6.07, 6.45) is 0.657. The van der Waals surface area contributed by atoms with Crippen LogP contribution in [0.25, 0.3) is 0 Å². The van der Waals surface area contributed by atoms with Crippen LogP contribution in [-0.2, 0) is 4.74 Å². The van der Waals surface area contributed by atoms with Crippen molar-refractivity contribution >= 4 is 5.97 Å². The Kier molecular flexibility index (Phi) is 6.66. The molecule has 0 radical (unpaired) electrons. The first kappa shape index (κ1) is 21.0. The van der Waals surface area contributed by atoms with Gasteiger partial charge in [-0.05, 0) is 42.0 Å². The standard InChI is InChI=1S/C23H31NO3/c1-15(2)23(24,16(3)4)14-20(17-9-7-6-8-10-17)19-13-18(22(26)27-5)11-12-21(19)25/h6-13,15-16,20,25H,14,24H2,1-5H3. The highest BCUT2D eigenvalue weighted by molar-refractivity contribution is 5.89. The molecule has 0 aliphatic carbocycles. The molecule has 27 heavy (non-hydrogen) atoms. The largest absolute Gasteiger partial charge is 0.508 e. The number of hydrogen-bond acceptors (Lipinski definition) is 4. The summed E-state index contributed by atoms with van der Waals surface area (Å²) >= 11 is 0. The van der Waals surface area contributed by atoms with Gasteiger partial charge in [-0.25, -0.2) is 4.79 Å². The molecule has 146 valence electrons. The average molecular weight is 370 g/mol. The summed E-state index contributed by atoms with van der Waals surface area (Å²) in [5.74, 6) is 0.121. The number of phenols is 1. The Morgan fingerprint density at radius 2 is 1.67 bits per heavy atom. The highest BCUT2D eigenvalue weighted by Gasteiger charge is 2.37. The SMILES string of the molecule is COC(=O)c1ccc(O)c(C(CC(N)(C(C)C)C(C)C)c2ccccc2)c1. The molecule has 0 aliphatic rings. The van der Waals surface area contributed by atoms with Crippen molar-refractivity contribution in [3.63, 3.8) is 0 Å². The molecule has 0 saturated heterocycles. The average Bonchev–Trinajstić information content (AvgIpc) is 2.66. The summed E-state index contributed by atoms with van der Waals surface area (Å²) in [6, 6.07) is 14.9. The van der Waals surface area contributed by atoms with Crippen molar-refractivity contribution in [1.82, 2.24) is 0 Å². The van der Waals surface area contributed by atoms with Crippen LogP contribution >= 0.6 is 0 Å². The van der Waals surface area contributed by atoms with E-state index in [0.717, 1.165) is 5.56 Å². The van der Waals surface area contributed by atoms with Crippen molar-refractivity contribution in [3.05, 3.63) is 65.2 Å². The first-order valence-corrected chi connectivity index (χ1v) is 9.45. The van der Waals surface area contributed by atoms with Crippen molar-refractivity contribution in [2.75, 3.05) is 7.11 Å². The van der Waals surface area contributed by atoms with Crippen LogP contribution in [0.2, 0.25) is 0 Å². The number of carbonyl (C=O) groups excluding carboxylic acids is 1. The number of hydrogen-bond donors (Lipinski definition) is 2. The Morgan fingerprint density at radius 1 is 1.07 bits per heavy atom. The number of rotatable bonds is 7. The lowest BCUT2D eigenvalue weighted by Crippen LogP contribution is -2.51. The molecule has 1 unspecified atom stereocenters. The number of esters is 1. The van der Waals surface area contributed by atoms with Crippen molar-refractivity contribution in [2.45, 2.75) is 45.6 Å². The predicted octanol–water partition coefficient (Wildman–Crippen LogP) is 4.71. The fourth-order valence-corrected chi connectivity index (χ4v) is 3.66. The lowest BCUT2D eigenvalue weighted by Gasteiger charge is -2.41. The van der Waals surface area contributed by atoms with Gasteiger partial charge in [0.1, 0.15) is 5.75 Å². The summed E-state index contributed by atoms with van der Waals surface area (Å²) < 4.78 is 4.85. The molecule has 0 fully saturated rings. The molecule has 0 spiro atoms. The van der Waals surface area contributed by atoms with Crippen LogP contribution in [0.1, 0.15) is 61.5 Å². The fourth-order valence-electron chi connectivity index (χ4n) is 3.66. The van der Waals surface area contributed by atoms with Crippen molar-refractivity contribution in [3.8, 4) is 5.75 Å². The van der Waals surface area contributed by atoms with Crippen molar-refractivity contribution in [1.29, 1.82) is 0 Å². The van der Waals surface area contributed by atoms with E-state index in [9.17, 15) is 9.90 Å². The van der Waals surface area contributed by atoms with E-state index in [0.29, 0.717) is 17.5 Å². The minimum Gasteiger partial charge on any atom is -0.508 e. The molecule has 0 aliphatic heterocycles. The summed E-state index contributed by atoms with van der Waals surface area (Å²) in [7, 11) is 1.35. The molecule has 2 aromatic carbocycles. The Bertz CT molecular complexity index is 760. The number of phenolic OH excluding ortho intramolecular Hbond substituents is 1. The van der Waals surface area contributed by atoms with Gasteiger partial charge in [-0.1, -0.05) is 58.0 Å². The second-order valence-corrected chi connectivity index (χ2v) is 7.85. The first-order chi connectivity index (χ1) is 12.7. The van der Waals surface area contributed by atoms with E-state index in [2.05, 4.69) is 27.7 Å². The van der Waals surface area contributed by atoms with Gasteiger partial charge in [-0.2, -0.15) is 0 Å². The van der Waals surface area contributed by atoms with Gasteiger partial charge in [0, 0.05) is 17.0 Å². The minimum atomic E-state index is -0.422. The topological polar surface area (TPSA) is 72.5 Å². The third-order valence-corrected chi connectivity index (χ3v) is 5.73. The van der Waals surface area contributed by atoms with E-state index >= 15 is 0 Å². The van der Waals surface area contributed by atoms with Crippen LogP contribution in [0.5, 0.6) is 5.75 Å². The smallest absolute Gasteiger partial charge is 0.337 e. The van der Waals surface area contributed by atoms with Crippen molar-refractivity contribution < 1.29 is 14.6 Å². The lowest BCUT2D eigenvalue weighted by molar-refractivity contribution is 0.0600. The molecule has 2 rings (SSSR count). The first-order valence-electron chi connectivity index (χ1n) is 9.45. The Hall–Kier alpha value is -2.33. The summed E-state index contributed by atoms with van der Waals surface area (Å²) in [4.78, 5) is 12.0. The lowest BCUT2D eigenvalue weighted by atomic mass is 9.69. The Balaban J connectivity index is 2.60. The third kappa shape index (κ3) is 4.51. The van der Waals surface area contributed by atoms with Crippen LogP contribution in [0.4, 0.5) is 0 Å². The van der Waals surface area contributed by atoms with Crippen LogP contribution in [0, 0.1) is 11.8 Å². The quantitative estimate of drug-likeness (QED) is 0.693. The maximum Gasteiger partial charge on any atom is 0.337 e. The monoisotopic (exact) mass is 369 g/mol. The molecule has 0 heterocycles. The number of methoxy groups -OCH3 is 1. The number of nitrogens with two attached hydrogens (primary N) is 1. The van der Waals surface area contributed by atoms with Gasteiger partial charge in [-0.3, -0.25) is 0 Å². The van der Waals surface area contributed by atoms with Gasteiger partial charge >= 0.3 is 5.97 Å². The molecule has 1 atom stereocenters. The molecule has 0 bridgehead atoms. The molecule has 4 nitrogen and oxygen atoms in total. The highest BCUT2D eigenvalue weighted by atomic mass is 16.5. The summed E-state index contributed by atoms with van der Waals surface area (Å²) in [5, 5.41) is 10.6. The zero-order valence-electron chi connectivity index (χ0n) is 16.9. The maximum absolute atomic E-state index is 12.0. The van der Waals surface area contributed by atoms with Crippen LogP contribution in [0.3, 0.4) is 0 Å². The Morgan fingerprint density at radius 3 is 2.19 bits per heavy atom. The summed E-state index contributed by atoms with van der Waals surface area (Å²) in [6.45, 7) is 8.53. The second kappa shape index (κ2) is 8.57. The molecule has 3 N–H and O–H groups in total. The van der Waals surface area contributed by atoms with Gasteiger partial charge in [0.25, 0.3) is 0 Å². The molecule has 0 amide bonds. The van der Waals surface area contributed by atoms with E-state index in [-0.39, 0.29) is 23.5 Å². The summed E-state index contributed by atoms with van der Waals surface area (Å²) in [5.41, 5.74) is 8.61. The maximum atomic E-state index is 12.0. The molecule has 2 aromatic rings. The number of aromatic hydroxyl groups is 1. The second-order valence-electron chi connectivity index (χ2n) is 7.85. The van der Waals surface area contributed by atoms with Gasteiger partial charge in [0.2, 0.25) is 0 Å². The van der Waals surface area contributed by atoms with Crippen LogP contribution in [-0.4, -0.2) is 23.7 Å². The molecule has 0 aromatic heterocycles. The van der Waals surface area contributed by atoms with Crippen LogP contribution in [0.15, 0.2) is 48.5 Å². The van der Waals surface area contributed by atoms with Gasteiger partial charge in [0.15, 0.2) is 0 Å². The number of ether oxygens (including phenoxy) is 1. The van der Waals surface area contributed by atoms with Gasteiger partial charge < -0.3 is 15.6 Å².